The summed E-state index contributed by atoms with van der Waals surface area (Å²) in [5.41, 5.74) is 0. The van der Waals surface area contributed by atoms with Crippen LogP contribution in [0.5, 0.6) is 5.75 Å². The molecule has 0 aliphatic heterocycles. The molecule has 0 spiro atoms. The Bertz CT molecular complexity index is 1510. The maximum absolute atomic E-state index is 13.6. The number of amides is 3. The van der Waals surface area contributed by atoms with Crippen molar-refractivity contribution in [2.24, 2.45) is 0 Å². The highest BCUT2D eigenvalue weighted by Crippen LogP contribution is 2.26. The lowest BCUT2D eigenvalue weighted by molar-refractivity contribution is -0.147. The summed E-state index contributed by atoms with van der Waals surface area (Å²) in [6.07, 6.45) is 16.3. The van der Waals surface area contributed by atoms with E-state index in [1.54, 1.807) is 0 Å². The van der Waals surface area contributed by atoms with Gasteiger partial charge >= 0.3 is 17.9 Å². The van der Waals surface area contributed by atoms with E-state index in [9.17, 15) is 46.3 Å². The van der Waals surface area contributed by atoms with Gasteiger partial charge in [-0.1, -0.05) is 77.0 Å². The SMILES string of the molecule is COC(=O)[C@H](CCC(=O)NCCOCCOCC(=O)NCCOCCOCC(=O)Oc1c(F)c(F)cc(F)c1F)NC(=O)CCCCCCCCCCCCCCCCC(=O)OC(C)C. The van der Waals surface area contributed by atoms with Gasteiger partial charge in [0.25, 0.3) is 0 Å². The van der Waals surface area contributed by atoms with Crippen LogP contribution in [0.1, 0.15) is 129 Å². The van der Waals surface area contributed by atoms with Crippen LogP contribution in [-0.4, -0.2) is 121 Å². The van der Waals surface area contributed by atoms with Gasteiger partial charge in [0.2, 0.25) is 35.1 Å². The molecule has 0 radical (unpaired) electrons. The number of unbranched alkanes of at least 4 members (excludes halogenated alkanes) is 13. The second-order valence-corrected chi connectivity index (χ2v) is 15.5. The van der Waals surface area contributed by atoms with Gasteiger partial charge in [0, 0.05) is 38.4 Å². The van der Waals surface area contributed by atoms with E-state index in [-0.39, 0.29) is 109 Å². The van der Waals surface area contributed by atoms with Crippen LogP contribution in [0.25, 0.3) is 0 Å². The van der Waals surface area contributed by atoms with E-state index in [0.29, 0.717) is 12.8 Å². The molecule has 3 N–H and O–H groups in total. The number of hydrogen-bond acceptors (Lipinski definition) is 13. The summed E-state index contributed by atoms with van der Waals surface area (Å²) in [5, 5.41) is 7.92. The molecule has 1 aromatic carbocycles. The fraction of sp³-hybridized carbons (Fsp3) is 0.733. The van der Waals surface area contributed by atoms with Crippen molar-refractivity contribution >= 4 is 35.6 Å². The minimum atomic E-state index is -1.86. The fourth-order valence-electron chi connectivity index (χ4n) is 6.14. The molecule has 0 bridgehead atoms. The van der Waals surface area contributed by atoms with Crippen LogP contribution in [-0.2, 0) is 57.2 Å². The monoisotopic (exact) mass is 937 g/mol. The van der Waals surface area contributed by atoms with Gasteiger partial charge < -0.3 is 49.1 Å². The molecule has 0 saturated heterocycles. The van der Waals surface area contributed by atoms with E-state index in [4.69, 9.17) is 28.4 Å². The molecule has 0 aliphatic carbocycles. The Hall–Kier alpha value is -4.40. The zero-order chi connectivity index (χ0) is 48.1. The third-order valence-corrected chi connectivity index (χ3v) is 9.50. The highest BCUT2D eigenvalue weighted by molar-refractivity contribution is 5.85. The van der Waals surface area contributed by atoms with Gasteiger partial charge in [0.05, 0.1) is 52.9 Å². The molecule has 0 heterocycles. The van der Waals surface area contributed by atoms with Crippen LogP contribution in [0.4, 0.5) is 17.6 Å². The van der Waals surface area contributed by atoms with Crippen molar-refractivity contribution in [2.45, 2.75) is 142 Å². The molecule has 16 nitrogen and oxygen atoms in total. The number of esters is 3. The Kier molecular flexibility index (Phi) is 34.1. The average Bonchev–Trinajstić information content (AvgIpc) is 3.26. The Morgan fingerprint density at radius 2 is 1.00 bits per heavy atom. The van der Waals surface area contributed by atoms with Crippen molar-refractivity contribution in [3.05, 3.63) is 29.3 Å². The molecule has 0 aliphatic rings. The maximum atomic E-state index is 13.6. The lowest BCUT2D eigenvalue weighted by atomic mass is 10.0. The van der Waals surface area contributed by atoms with Crippen LogP contribution in [0.15, 0.2) is 6.07 Å². The third-order valence-electron chi connectivity index (χ3n) is 9.50. The number of methoxy groups -OCH3 is 1. The second-order valence-electron chi connectivity index (χ2n) is 15.5. The molecule has 1 atom stereocenters. The first-order chi connectivity index (χ1) is 31.2. The predicted molar refractivity (Wildman–Crippen MR) is 229 cm³/mol. The minimum Gasteiger partial charge on any atom is -0.467 e. The number of carbonyl (C=O) groups excluding carboxylic acids is 6. The first kappa shape index (κ1) is 58.6. The summed E-state index contributed by atoms with van der Waals surface area (Å²) < 4.78 is 88.6. The van der Waals surface area contributed by atoms with Crippen molar-refractivity contribution in [1.29, 1.82) is 0 Å². The number of nitrogens with one attached hydrogen (secondary N) is 3. The number of ether oxygens (including phenoxy) is 7. The highest BCUT2D eigenvalue weighted by Gasteiger charge is 2.24. The van der Waals surface area contributed by atoms with Crippen molar-refractivity contribution in [2.75, 3.05) is 73.1 Å². The van der Waals surface area contributed by atoms with Crippen LogP contribution < -0.4 is 20.7 Å². The maximum Gasteiger partial charge on any atom is 0.337 e. The van der Waals surface area contributed by atoms with E-state index < -0.39 is 59.5 Å². The Labute approximate surface area is 380 Å². The standard InChI is InChI=1S/C45H71F4N3O13/c1-33(2)64-40(56)19-17-15-13-11-9-7-5-4-6-8-10-12-14-16-18-38(54)52-36(45(58)59-3)20-21-37(53)50-22-24-60-26-28-62-31-39(55)51-23-25-61-27-29-63-32-41(57)65-44-42(48)34(46)30-35(47)43(44)49/h30,33,36H,4-29,31-32H2,1-3H3,(H,50,53)(H,51,55)(H,52,54)/t36-/m0/s1. The topological polar surface area (TPSA) is 203 Å². The number of rotatable bonds is 40. The molecule has 65 heavy (non-hydrogen) atoms. The molecular weight excluding hydrogens is 866 g/mol. The normalized spacial score (nSPS) is 11.6. The van der Waals surface area contributed by atoms with Crippen LogP contribution in [0.3, 0.4) is 0 Å². The fourth-order valence-corrected chi connectivity index (χ4v) is 6.14. The zero-order valence-corrected chi connectivity index (χ0v) is 38.4. The van der Waals surface area contributed by atoms with Gasteiger partial charge in [-0.3, -0.25) is 19.2 Å². The van der Waals surface area contributed by atoms with E-state index in [1.165, 1.54) is 52.1 Å². The highest BCUT2D eigenvalue weighted by atomic mass is 19.2. The summed E-state index contributed by atoms with van der Waals surface area (Å²) in [6, 6.07) is -0.954. The summed E-state index contributed by atoms with van der Waals surface area (Å²) in [4.78, 5) is 72.2. The molecule has 372 valence electrons. The lowest BCUT2D eigenvalue weighted by Crippen LogP contribution is -2.42. The predicted octanol–water partition coefficient (Wildman–Crippen LogP) is 6.08. The van der Waals surface area contributed by atoms with Gasteiger partial charge in [-0.05, 0) is 33.1 Å². The molecule has 0 aromatic heterocycles. The molecule has 0 saturated carbocycles. The van der Waals surface area contributed by atoms with Crippen molar-refractivity contribution in [1.82, 2.24) is 16.0 Å². The largest absolute Gasteiger partial charge is 0.467 e. The lowest BCUT2D eigenvalue weighted by Gasteiger charge is -2.16. The summed E-state index contributed by atoms with van der Waals surface area (Å²) in [7, 11) is 1.22. The van der Waals surface area contributed by atoms with Crippen LogP contribution in [0.2, 0.25) is 0 Å². The van der Waals surface area contributed by atoms with Gasteiger partial charge in [0.1, 0.15) is 19.3 Å². The molecule has 0 unspecified atom stereocenters. The molecule has 1 rings (SSSR count). The second kappa shape index (κ2) is 37.8. The Balaban J connectivity index is 1.98. The Morgan fingerprint density at radius 3 is 1.51 bits per heavy atom. The van der Waals surface area contributed by atoms with E-state index in [2.05, 4.69) is 20.7 Å². The Morgan fingerprint density at radius 1 is 0.538 bits per heavy atom. The summed E-state index contributed by atoms with van der Waals surface area (Å²) in [5.74, 6) is -11.7. The molecule has 20 heteroatoms. The van der Waals surface area contributed by atoms with Crippen LogP contribution in [0, 0.1) is 23.3 Å². The average molecular weight is 938 g/mol. The van der Waals surface area contributed by atoms with Gasteiger partial charge in [-0.15, -0.1) is 0 Å². The summed E-state index contributed by atoms with van der Waals surface area (Å²) >= 11 is 0. The smallest absolute Gasteiger partial charge is 0.337 e. The van der Waals surface area contributed by atoms with Crippen molar-refractivity contribution in [3.63, 3.8) is 0 Å². The van der Waals surface area contributed by atoms with Gasteiger partial charge in [-0.25, -0.2) is 18.4 Å². The first-order valence-electron chi connectivity index (χ1n) is 22.7. The number of halogens is 4. The van der Waals surface area contributed by atoms with Crippen molar-refractivity contribution in [3.8, 4) is 5.75 Å². The van der Waals surface area contributed by atoms with Crippen LogP contribution >= 0.6 is 0 Å². The summed E-state index contributed by atoms with van der Waals surface area (Å²) in [6.45, 7) is 3.40. The van der Waals surface area contributed by atoms with Gasteiger partial charge in [0.15, 0.2) is 11.6 Å². The number of carbonyl (C=O) groups is 6. The third kappa shape index (κ3) is 31.2. The number of benzene rings is 1. The van der Waals surface area contributed by atoms with Gasteiger partial charge in [-0.2, -0.15) is 8.78 Å². The molecule has 1 aromatic rings. The molecular formula is C45H71F4N3O13. The molecule has 0 fully saturated rings. The van der Waals surface area contributed by atoms with E-state index >= 15 is 0 Å². The van der Waals surface area contributed by atoms with E-state index in [0.717, 1.165) is 38.5 Å². The first-order valence-corrected chi connectivity index (χ1v) is 22.7. The zero-order valence-electron chi connectivity index (χ0n) is 38.4. The van der Waals surface area contributed by atoms with E-state index in [1.807, 2.05) is 13.8 Å². The minimum absolute atomic E-state index is 0.0124. The quantitative estimate of drug-likeness (QED) is 0.0225. The number of hydrogen-bond donors (Lipinski definition) is 3. The molecule has 3 amide bonds. The van der Waals surface area contributed by atoms with Crippen molar-refractivity contribution < 1.29 is 79.5 Å².